The summed E-state index contributed by atoms with van der Waals surface area (Å²) in [4.78, 5) is 12.6. The van der Waals surface area contributed by atoms with Gasteiger partial charge in [0.2, 0.25) is 5.91 Å². The zero-order valence-electron chi connectivity index (χ0n) is 30.3. The molecular formula is C32H61N3O17. The maximum absolute atomic E-state index is 12.6. The van der Waals surface area contributed by atoms with Crippen molar-refractivity contribution in [1.29, 1.82) is 0 Å². The summed E-state index contributed by atoms with van der Waals surface area (Å²) in [6.45, 7) is 3.59. The van der Waals surface area contributed by atoms with Crippen molar-refractivity contribution in [2.75, 3.05) is 66.6 Å². The van der Waals surface area contributed by atoms with Crippen LogP contribution in [0.25, 0.3) is 0 Å². The Morgan fingerprint density at radius 3 is 1.75 bits per heavy atom. The Morgan fingerprint density at radius 2 is 1.25 bits per heavy atom. The third-order valence-corrected chi connectivity index (χ3v) is 9.10. The first-order valence-corrected chi connectivity index (χ1v) is 17.8. The molecule has 0 aromatic heterocycles. The Labute approximate surface area is 303 Å². The van der Waals surface area contributed by atoms with Crippen LogP contribution in [0.15, 0.2) is 0 Å². The van der Waals surface area contributed by atoms with Gasteiger partial charge in [-0.2, -0.15) is 0 Å². The van der Waals surface area contributed by atoms with Gasteiger partial charge in [0, 0.05) is 19.4 Å². The molecule has 3 aliphatic rings. The van der Waals surface area contributed by atoms with Crippen LogP contribution < -0.4 is 16.4 Å². The number of amides is 1. The Bertz CT molecular complexity index is 1010. The Morgan fingerprint density at radius 1 is 0.769 bits per heavy atom. The van der Waals surface area contributed by atoms with Gasteiger partial charge in [-0.25, -0.2) is 0 Å². The van der Waals surface area contributed by atoms with Crippen LogP contribution in [0.2, 0.25) is 0 Å². The maximum atomic E-state index is 12.6. The number of hydrogen-bond acceptors (Lipinski definition) is 19. The van der Waals surface area contributed by atoms with E-state index in [-0.39, 0.29) is 71.8 Å². The molecule has 0 radical (unpaired) electrons. The zero-order valence-corrected chi connectivity index (χ0v) is 30.3. The number of aliphatic hydroxyl groups excluding tert-OH is 7. The summed E-state index contributed by atoms with van der Waals surface area (Å²) >= 11 is 0. The third-order valence-electron chi connectivity index (χ3n) is 9.10. The molecule has 20 heteroatoms. The number of aliphatic hydroxyl groups is 7. The molecule has 7 unspecified atom stereocenters. The van der Waals surface area contributed by atoms with Crippen LogP contribution in [-0.2, 0) is 47.4 Å². The molecule has 1 amide bonds. The number of nitrogens with two attached hydrogens (primary N) is 1. The predicted octanol–water partition coefficient (Wildman–Crippen LogP) is -4.77. The summed E-state index contributed by atoms with van der Waals surface area (Å²) in [7, 11) is 1.34. The van der Waals surface area contributed by atoms with Crippen molar-refractivity contribution in [3.05, 3.63) is 0 Å². The second-order valence-electron chi connectivity index (χ2n) is 13.1. The lowest BCUT2D eigenvalue weighted by Crippen LogP contribution is -2.70. The largest absolute Gasteiger partial charge is 0.394 e. The van der Waals surface area contributed by atoms with Crippen LogP contribution in [0.3, 0.4) is 0 Å². The van der Waals surface area contributed by atoms with Crippen molar-refractivity contribution < 1.29 is 83.2 Å². The van der Waals surface area contributed by atoms with Gasteiger partial charge in [-0.05, 0) is 13.3 Å². The van der Waals surface area contributed by atoms with Gasteiger partial charge in [0.1, 0.15) is 48.9 Å². The minimum absolute atomic E-state index is 0.0129. The van der Waals surface area contributed by atoms with Crippen molar-refractivity contribution >= 4 is 5.91 Å². The second-order valence-corrected chi connectivity index (χ2v) is 13.1. The number of rotatable bonds is 22. The van der Waals surface area contributed by atoms with Crippen molar-refractivity contribution in [1.82, 2.24) is 10.6 Å². The first-order chi connectivity index (χ1) is 24.9. The van der Waals surface area contributed by atoms with Gasteiger partial charge in [-0.3, -0.25) is 10.1 Å². The number of hydrogen-bond donors (Lipinski definition) is 10. The summed E-state index contributed by atoms with van der Waals surface area (Å²) in [6, 6.07) is -3.44. The molecule has 3 aliphatic heterocycles. The highest BCUT2D eigenvalue weighted by Crippen LogP contribution is 2.34. The van der Waals surface area contributed by atoms with Crippen molar-refractivity contribution in [2.24, 2.45) is 11.7 Å². The highest BCUT2D eigenvalue weighted by atomic mass is 16.7. The molecule has 52 heavy (non-hydrogen) atoms. The molecule has 3 rings (SSSR count). The van der Waals surface area contributed by atoms with E-state index in [1.165, 1.54) is 14.0 Å². The van der Waals surface area contributed by atoms with Crippen LogP contribution in [-0.4, -0.2) is 200 Å². The molecule has 20 nitrogen and oxygen atoms in total. The monoisotopic (exact) mass is 759 g/mol. The quantitative estimate of drug-likeness (QED) is 0.0366. The summed E-state index contributed by atoms with van der Waals surface area (Å²) < 4.78 is 53.1. The lowest BCUT2D eigenvalue weighted by Gasteiger charge is -2.50. The van der Waals surface area contributed by atoms with Crippen LogP contribution in [0.1, 0.15) is 33.6 Å². The van der Waals surface area contributed by atoms with E-state index in [9.17, 15) is 35.4 Å². The number of methoxy groups -OCH3 is 1. The molecule has 11 N–H and O–H groups in total. The molecule has 16 atom stereocenters. The van der Waals surface area contributed by atoms with Crippen molar-refractivity contribution in [2.45, 2.75) is 126 Å². The van der Waals surface area contributed by atoms with Crippen LogP contribution in [0.4, 0.5) is 0 Å². The number of ether oxygens (including phenoxy) is 9. The Kier molecular flexibility index (Phi) is 19.9. The second kappa shape index (κ2) is 23.0. The van der Waals surface area contributed by atoms with Crippen molar-refractivity contribution in [3.8, 4) is 0 Å². The van der Waals surface area contributed by atoms with Gasteiger partial charge in [-0.1, -0.05) is 13.8 Å². The molecule has 0 aromatic rings. The van der Waals surface area contributed by atoms with E-state index in [1.54, 1.807) is 6.92 Å². The van der Waals surface area contributed by atoms with E-state index in [0.29, 0.717) is 6.42 Å². The van der Waals surface area contributed by atoms with Gasteiger partial charge in [0.15, 0.2) is 18.9 Å². The first kappa shape index (κ1) is 45.1. The van der Waals surface area contributed by atoms with E-state index in [4.69, 9.17) is 53.5 Å². The van der Waals surface area contributed by atoms with E-state index in [0.717, 1.165) is 0 Å². The van der Waals surface area contributed by atoms with Gasteiger partial charge >= 0.3 is 0 Å². The van der Waals surface area contributed by atoms with E-state index in [1.807, 2.05) is 6.92 Å². The van der Waals surface area contributed by atoms with Gasteiger partial charge in [0.25, 0.3) is 0 Å². The minimum atomic E-state index is -1.55. The molecule has 0 spiro atoms. The third kappa shape index (κ3) is 12.4. The number of nitrogens with one attached hydrogen (secondary N) is 2. The Hall–Kier alpha value is -1.25. The van der Waals surface area contributed by atoms with Crippen LogP contribution in [0.5, 0.6) is 0 Å². The number of carbonyl (C=O) groups excluding carboxylic acids is 1. The Balaban J connectivity index is 1.94. The molecule has 3 saturated heterocycles. The summed E-state index contributed by atoms with van der Waals surface area (Å²) in [5.74, 6) is -0.839. The fraction of sp³-hybridized carbons (Fsp3) is 0.969. The predicted molar refractivity (Wildman–Crippen MR) is 177 cm³/mol. The summed E-state index contributed by atoms with van der Waals surface area (Å²) in [5.41, 5.74) is 6.34. The molecule has 0 bridgehead atoms. The maximum Gasteiger partial charge on any atom is 0.220 e. The summed E-state index contributed by atoms with van der Waals surface area (Å²) in [5, 5.41) is 78.3. The molecule has 3 heterocycles. The van der Waals surface area contributed by atoms with Gasteiger partial charge < -0.3 is 89.4 Å². The number of carbonyl (C=O) groups is 1. The fourth-order valence-electron chi connectivity index (χ4n) is 6.39. The minimum Gasteiger partial charge on any atom is -0.394 e. The van der Waals surface area contributed by atoms with Crippen LogP contribution in [0, 0.1) is 5.92 Å². The SMILES string of the molecule is CCCC(=O)NC1[C@H](OC)OC(COCCO)[C@H](O[C@@H]2OC(COCCO)[C@H](O[C@@H]3OC(COCCO)[C@H](C)[C@@H](O)C3N)[C@@H](O)C2NC(C)O)[C@H]1O. The highest BCUT2D eigenvalue weighted by Gasteiger charge is 2.54. The van der Waals surface area contributed by atoms with Crippen molar-refractivity contribution in [3.63, 3.8) is 0 Å². The smallest absolute Gasteiger partial charge is 0.220 e. The van der Waals surface area contributed by atoms with E-state index < -0.39 is 98.0 Å². The van der Waals surface area contributed by atoms with E-state index in [2.05, 4.69) is 10.6 Å². The van der Waals surface area contributed by atoms with Crippen LogP contribution >= 0.6 is 0 Å². The standard InChI is InChI=1S/C32H61N3O17/c1-5-6-21(40)35-23-26(42)29(19(14-46-11-8-37)49-31(23)44-4)52-32-24(34-17(3)39)27(43)28(20(50-32)15-47-12-9-38)51-30-22(33)25(41)16(2)18(48-30)13-45-10-7-36/h16-20,22-32,34,36-39,41-43H,5-15,33H2,1-4H3,(H,35,40)/t16-,17?,18?,19?,20?,22?,23?,24?,25+,26-,27-,28-,29-,30-,31+,32-/m0/s1. The normalized spacial score (nSPS) is 39.0. The lowest BCUT2D eigenvalue weighted by atomic mass is 9.89. The fourth-order valence-corrected chi connectivity index (χ4v) is 6.39. The average Bonchev–Trinajstić information content (AvgIpc) is 3.11. The van der Waals surface area contributed by atoms with Gasteiger partial charge in [0.05, 0.1) is 83.8 Å². The highest BCUT2D eigenvalue weighted by molar-refractivity contribution is 5.76. The molecule has 306 valence electrons. The molecule has 0 saturated carbocycles. The van der Waals surface area contributed by atoms with Gasteiger partial charge in [-0.15, -0.1) is 0 Å². The lowest BCUT2D eigenvalue weighted by molar-refractivity contribution is -0.353. The molecular weight excluding hydrogens is 698 g/mol. The molecule has 0 aliphatic carbocycles. The summed E-state index contributed by atoms with van der Waals surface area (Å²) in [6.07, 6.45) is -14.0. The molecule has 3 fully saturated rings. The first-order valence-electron chi connectivity index (χ1n) is 17.8. The topological polar surface area (TPSA) is 292 Å². The molecule has 0 aromatic carbocycles. The zero-order chi connectivity index (χ0) is 38.4. The van der Waals surface area contributed by atoms with E-state index >= 15 is 0 Å². The average molecular weight is 760 g/mol.